The molecule has 102 valence electrons. The van der Waals surface area contributed by atoms with Crippen molar-refractivity contribution in [3.63, 3.8) is 0 Å². The lowest BCUT2D eigenvalue weighted by Gasteiger charge is -2.13. The van der Waals surface area contributed by atoms with Gasteiger partial charge in [-0.1, -0.05) is 30.3 Å². The van der Waals surface area contributed by atoms with Gasteiger partial charge in [0.1, 0.15) is 5.82 Å². The summed E-state index contributed by atoms with van der Waals surface area (Å²) in [5.41, 5.74) is 8.21. The predicted octanol–water partition coefficient (Wildman–Crippen LogP) is 2.31. The Bertz CT molecular complexity index is 644. The Labute approximate surface area is 116 Å². The van der Waals surface area contributed by atoms with Gasteiger partial charge in [-0.05, 0) is 36.1 Å². The highest BCUT2D eigenvalue weighted by Gasteiger charge is 2.23. The van der Waals surface area contributed by atoms with Crippen molar-refractivity contribution in [2.45, 2.75) is 18.9 Å². The van der Waals surface area contributed by atoms with Crippen molar-refractivity contribution in [2.75, 3.05) is 5.73 Å². The van der Waals surface area contributed by atoms with Crippen LogP contribution in [0.15, 0.2) is 42.5 Å². The van der Waals surface area contributed by atoms with Crippen LogP contribution in [-0.2, 0) is 12.8 Å². The maximum atomic E-state index is 13.4. The summed E-state index contributed by atoms with van der Waals surface area (Å²) in [6.45, 7) is 0. The zero-order valence-corrected chi connectivity index (χ0v) is 10.9. The molecule has 0 unspecified atom stereocenters. The molecule has 1 aliphatic carbocycles. The van der Waals surface area contributed by atoms with E-state index < -0.39 is 5.82 Å². The Balaban J connectivity index is 1.74. The van der Waals surface area contributed by atoms with Crippen molar-refractivity contribution in [1.82, 2.24) is 5.32 Å². The van der Waals surface area contributed by atoms with E-state index in [9.17, 15) is 9.18 Å². The van der Waals surface area contributed by atoms with Gasteiger partial charge in [-0.15, -0.1) is 0 Å². The molecule has 1 aliphatic rings. The first-order chi connectivity index (χ1) is 9.65. The normalized spacial score (nSPS) is 14.1. The molecule has 3 rings (SSSR count). The summed E-state index contributed by atoms with van der Waals surface area (Å²) in [5, 5.41) is 2.92. The minimum absolute atomic E-state index is 0.0440. The lowest BCUT2D eigenvalue weighted by molar-refractivity contribution is 0.0939. The van der Waals surface area contributed by atoms with E-state index in [-0.39, 0.29) is 23.2 Å². The van der Waals surface area contributed by atoms with E-state index in [0.717, 1.165) is 12.8 Å². The monoisotopic (exact) mass is 270 g/mol. The number of rotatable bonds is 2. The Kier molecular flexibility index (Phi) is 3.14. The largest absolute Gasteiger partial charge is 0.396 e. The molecule has 0 atom stereocenters. The van der Waals surface area contributed by atoms with Crippen LogP contribution in [0.25, 0.3) is 0 Å². The second kappa shape index (κ2) is 4.96. The highest BCUT2D eigenvalue weighted by molar-refractivity contribution is 5.99. The fourth-order valence-corrected chi connectivity index (χ4v) is 2.66. The van der Waals surface area contributed by atoms with Gasteiger partial charge in [0.15, 0.2) is 0 Å². The van der Waals surface area contributed by atoms with Crippen LogP contribution < -0.4 is 11.1 Å². The van der Waals surface area contributed by atoms with E-state index in [1.54, 1.807) is 0 Å². The third kappa shape index (κ3) is 2.25. The molecular formula is C16H15FN2O. The van der Waals surface area contributed by atoms with Gasteiger partial charge in [0, 0.05) is 6.04 Å². The Morgan fingerprint density at radius 1 is 1.10 bits per heavy atom. The van der Waals surface area contributed by atoms with E-state index in [2.05, 4.69) is 17.4 Å². The smallest absolute Gasteiger partial charge is 0.253 e. The molecule has 4 heteroatoms. The van der Waals surface area contributed by atoms with Crippen LogP contribution in [0.2, 0.25) is 0 Å². The van der Waals surface area contributed by atoms with Crippen molar-refractivity contribution in [1.29, 1.82) is 0 Å². The summed E-state index contributed by atoms with van der Waals surface area (Å²) in [7, 11) is 0. The molecule has 2 aromatic rings. The van der Waals surface area contributed by atoms with Crippen molar-refractivity contribution in [3.8, 4) is 0 Å². The molecule has 0 aliphatic heterocycles. The zero-order valence-electron chi connectivity index (χ0n) is 10.9. The van der Waals surface area contributed by atoms with Crippen LogP contribution in [0.1, 0.15) is 21.5 Å². The number of anilines is 1. The number of hydrogen-bond acceptors (Lipinski definition) is 2. The van der Waals surface area contributed by atoms with Crippen LogP contribution in [0, 0.1) is 5.82 Å². The number of amides is 1. The van der Waals surface area contributed by atoms with Gasteiger partial charge in [0.25, 0.3) is 5.91 Å². The lowest BCUT2D eigenvalue weighted by atomic mass is 10.1. The third-order valence-electron chi connectivity index (χ3n) is 3.68. The van der Waals surface area contributed by atoms with Gasteiger partial charge >= 0.3 is 0 Å². The molecular weight excluding hydrogens is 255 g/mol. The molecule has 0 radical (unpaired) electrons. The molecule has 1 amide bonds. The first kappa shape index (κ1) is 12.7. The lowest BCUT2D eigenvalue weighted by Crippen LogP contribution is -2.35. The summed E-state index contributed by atoms with van der Waals surface area (Å²) in [4.78, 5) is 12.2. The number of nitrogens with one attached hydrogen (secondary N) is 1. The zero-order chi connectivity index (χ0) is 14.1. The minimum atomic E-state index is -0.563. The first-order valence-electron chi connectivity index (χ1n) is 6.57. The molecule has 3 nitrogen and oxygen atoms in total. The fourth-order valence-electron chi connectivity index (χ4n) is 2.66. The average Bonchev–Trinajstić information content (AvgIpc) is 2.83. The van der Waals surface area contributed by atoms with Crippen molar-refractivity contribution >= 4 is 11.6 Å². The van der Waals surface area contributed by atoms with Crippen molar-refractivity contribution in [2.24, 2.45) is 0 Å². The second-order valence-electron chi connectivity index (χ2n) is 5.05. The Hall–Kier alpha value is -2.36. The van der Waals surface area contributed by atoms with Crippen LogP contribution in [0.3, 0.4) is 0 Å². The summed E-state index contributed by atoms with van der Waals surface area (Å²) in [6, 6.07) is 12.4. The quantitative estimate of drug-likeness (QED) is 0.823. The average molecular weight is 270 g/mol. The standard InChI is InChI=1S/C16H15FN2O/c17-14-7-3-6-13(15(14)18)16(20)19-12-8-10-4-1-2-5-11(10)9-12/h1-7,12H,8-9,18H2,(H,19,20). The number of carbonyl (C=O) groups excluding carboxylic acids is 1. The van der Waals surface area contributed by atoms with Crippen LogP contribution in [0.4, 0.5) is 10.1 Å². The molecule has 0 saturated heterocycles. The molecule has 2 aromatic carbocycles. The molecule has 0 spiro atoms. The number of benzene rings is 2. The number of nitrogens with two attached hydrogens (primary N) is 1. The van der Waals surface area contributed by atoms with E-state index in [4.69, 9.17) is 5.73 Å². The fraction of sp³-hybridized carbons (Fsp3) is 0.188. The van der Waals surface area contributed by atoms with Crippen LogP contribution in [-0.4, -0.2) is 11.9 Å². The molecule has 0 bridgehead atoms. The highest BCUT2D eigenvalue weighted by Crippen LogP contribution is 2.22. The minimum Gasteiger partial charge on any atom is -0.396 e. The van der Waals surface area contributed by atoms with E-state index in [1.807, 2.05) is 12.1 Å². The second-order valence-corrected chi connectivity index (χ2v) is 5.05. The molecule has 3 N–H and O–H groups in total. The number of fused-ring (bicyclic) bond motifs is 1. The van der Waals surface area contributed by atoms with Crippen molar-refractivity contribution in [3.05, 3.63) is 65.0 Å². The Morgan fingerprint density at radius 2 is 1.75 bits per heavy atom. The number of nitrogen functional groups attached to an aromatic ring is 1. The SMILES string of the molecule is Nc1c(F)cccc1C(=O)NC1Cc2ccccc2C1. The van der Waals surface area contributed by atoms with E-state index in [0.29, 0.717) is 0 Å². The van der Waals surface area contributed by atoms with Gasteiger partial charge in [-0.25, -0.2) is 4.39 Å². The Morgan fingerprint density at radius 3 is 2.40 bits per heavy atom. The molecule has 0 heterocycles. The number of halogens is 1. The van der Waals surface area contributed by atoms with Crippen LogP contribution >= 0.6 is 0 Å². The van der Waals surface area contributed by atoms with Gasteiger partial charge in [0.05, 0.1) is 11.3 Å². The first-order valence-corrected chi connectivity index (χ1v) is 6.57. The highest BCUT2D eigenvalue weighted by atomic mass is 19.1. The summed E-state index contributed by atoms with van der Waals surface area (Å²) < 4.78 is 13.4. The van der Waals surface area contributed by atoms with E-state index in [1.165, 1.54) is 29.3 Å². The predicted molar refractivity (Wildman–Crippen MR) is 75.9 cm³/mol. The van der Waals surface area contributed by atoms with Gasteiger partial charge in [0.2, 0.25) is 0 Å². The topological polar surface area (TPSA) is 55.1 Å². The molecule has 0 aromatic heterocycles. The van der Waals surface area contributed by atoms with Gasteiger partial charge in [-0.3, -0.25) is 4.79 Å². The summed E-state index contributed by atoms with van der Waals surface area (Å²) in [6.07, 6.45) is 1.61. The molecule has 0 saturated carbocycles. The van der Waals surface area contributed by atoms with Gasteiger partial charge in [-0.2, -0.15) is 0 Å². The number of hydrogen-bond donors (Lipinski definition) is 2. The molecule has 0 fully saturated rings. The number of carbonyl (C=O) groups is 1. The van der Waals surface area contributed by atoms with Gasteiger partial charge < -0.3 is 11.1 Å². The molecule has 20 heavy (non-hydrogen) atoms. The van der Waals surface area contributed by atoms with E-state index >= 15 is 0 Å². The maximum Gasteiger partial charge on any atom is 0.253 e. The summed E-state index contributed by atoms with van der Waals surface area (Å²) >= 11 is 0. The summed E-state index contributed by atoms with van der Waals surface area (Å²) in [5.74, 6) is -0.882. The van der Waals surface area contributed by atoms with Crippen LogP contribution in [0.5, 0.6) is 0 Å². The maximum absolute atomic E-state index is 13.4. The van der Waals surface area contributed by atoms with Crippen molar-refractivity contribution < 1.29 is 9.18 Å². The third-order valence-corrected chi connectivity index (χ3v) is 3.68. The number of para-hydroxylation sites is 1.